The Hall–Kier alpha value is -1.65. The van der Waals surface area contributed by atoms with Gasteiger partial charge in [-0.2, -0.15) is 0 Å². The molecule has 0 aliphatic heterocycles. The zero-order valence-corrected chi connectivity index (χ0v) is 12.1. The molecule has 0 fully saturated rings. The van der Waals surface area contributed by atoms with Crippen LogP contribution in [0.3, 0.4) is 0 Å². The zero-order chi connectivity index (χ0) is 14.4. The van der Waals surface area contributed by atoms with Crippen molar-refractivity contribution in [1.29, 1.82) is 0 Å². The number of benzene rings is 1. The van der Waals surface area contributed by atoms with Gasteiger partial charge in [-0.15, -0.1) is 0 Å². The van der Waals surface area contributed by atoms with Gasteiger partial charge in [0.1, 0.15) is 5.58 Å². The Balaban J connectivity index is 2.01. The number of hydrogen-bond acceptors (Lipinski definition) is 4. The van der Waals surface area contributed by atoms with E-state index in [1.165, 1.54) is 6.07 Å². The van der Waals surface area contributed by atoms with Crippen molar-refractivity contribution in [3.63, 3.8) is 0 Å². The summed E-state index contributed by atoms with van der Waals surface area (Å²) in [6.07, 6.45) is 0. The number of fused-ring (bicyclic) bond motifs is 1. The average molecular weight is 275 g/mol. The van der Waals surface area contributed by atoms with Crippen LogP contribution < -0.4 is 5.63 Å². The third-order valence-electron chi connectivity index (χ3n) is 3.44. The van der Waals surface area contributed by atoms with Crippen LogP contribution in [0.2, 0.25) is 0 Å². The van der Waals surface area contributed by atoms with Gasteiger partial charge in [0.2, 0.25) is 0 Å². The van der Waals surface area contributed by atoms with Gasteiger partial charge < -0.3 is 14.1 Å². The quantitative estimate of drug-likeness (QED) is 0.575. The summed E-state index contributed by atoms with van der Waals surface area (Å²) in [5, 5.41) is 0.940. The molecule has 20 heavy (non-hydrogen) atoms. The summed E-state index contributed by atoms with van der Waals surface area (Å²) < 4.78 is 10.9. The molecule has 1 heterocycles. The van der Waals surface area contributed by atoms with Crippen molar-refractivity contribution in [3.05, 3.63) is 46.3 Å². The maximum absolute atomic E-state index is 11.5. The minimum Gasteiger partial charge on any atom is -0.423 e. The van der Waals surface area contributed by atoms with Crippen molar-refractivity contribution in [2.45, 2.75) is 20.5 Å². The van der Waals surface area contributed by atoms with Crippen molar-refractivity contribution >= 4 is 11.0 Å². The highest BCUT2D eigenvalue weighted by atomic mass is 16.5. The van der Waals surface area contributed by atoms with E-state index in [1.54, 1.807) is 6.07 Å². The molecular weight excluding hydrogens is 254 g/mol. The van der Waals surface area contributed by atoms with E-state index in [0.717, 1.165) is 30.6 Å². The first-order chi connectivity index (χ1) is 9.74. The van der Waals surface area contributed by atoms with Crippen molar-refractivity contribution in [3.8, 4) is 0 Å². The van der Waals surface area contributed by atoms with E-state index in [2.05, 4.69) is 18.7 Å². The van der Waals surface area contributed by atoms with Crippen LogP contribution in [-0.4, -0.2) is 31.1 Å². The van der Waals surface area contributed by atoms with Gasteiger partial charge in [-0.05, 0) is 24.7 Å². The molecule has 1 aromatic heterocycles. The second-order valence-electron chi connectivity index (χ2n) is 4.67. The van der Waals surface area contributed by atoms with Gasteiger partial charge in [0.15, 0.2) is 0 Å². The van der Waals surface area contributed by atoms with Crippen LogP contribution >= 0.6 is 0 Å². The van der Waals surface area contributed by atoms with Gasteiger partial charge in [-0.3, -0.25) is 0 Å². The Morgan fingerprint density at radius 2 is 1.95 bits per heavy atom. The molecule has 0 unspecified atom stereocenters. The van der Waals surface area contributed by atoms with Gasteiger partial charge >= 0.3 is 5.63 Å². The third kappa shape index (κ3) is 3.68. The largest absolute Gasteiger partial charge is 0.423 e. The second-order valence-corrected chi connectivity index (χ2v) is 4.67. The Kier molecular flexibility index (Phi) is 5.32. The highest BCUT2D eigenvalue weighted by Gasteiger charge is 2.05. The molecule has 0 N–H and O–H groups in total. The summed E-state index contributed by atoms with van der Waals surface area (Å²) in [5.74, 6) is 0. The number of likely N-dealkylation sites (N-methyl/N-ethyl adjacent to an activating group) is 1. The molecule has 2 aromatic rings. The van der Waals surface area contributed by atoms with Gasteiger partial charge in [-0.1, -0.05) is 32.0 Å². The Bertz CT molecular complexity index is 602. The highest BCUT2D eigenvalue weighted by Crippen LogP contribution is 2.17. The summed E-state index contributed by atoms with van der Waals surface area (Å²) in [6, 6.07) is 9.05. The predicted molar refractivity (Wildman–Crippen MR) is 79.9 cm³/mol. The molecule has 4 heteroatoms. The molecule has 0 saturated carbocycles. The molecule has 0 amide bonds. The van der Waals surface area contributed by atoms with Crippen LogP contribution in [0.1, 0.15) is 19.4 Å². The van der Waals surface area contributed by atoms with E-state index < -0.39 is 0 Å². The first kappa shape index (κ1) is 14.8. The minimum atomic E-state index is -0.328. The number of hydrogen-bond donors (Lipinski definition) is 0. The van der Waals surface area contributed by atoms with Gasteiger partial charge in [0.25, 0.3) is 0 Å². The van der Waals surface area contributed by atoms with E-state index in [4.69, 9.17) is 9.15 Å². The van der Waals surface area contributed by atoms with Crippen LogP contribution in [0.15, 0.2) is 39.5 Å². The zero-order valence-electron chi connectivity index (χ0n) is 12.1. The first-order valence-corrected chi connectivity index (χ1v) is 7.06. The third-order valence-corrected chi connectivity index (χ3v) is 3.44. The summed E-state index contributed by atoms with van der Waals surface area (Å²) >= 11 is 0. The molecule has 0 bridgehead atoms. The number of rotatable bonds is 7. The van der Waals surface area contributed by atoms with Crippen LogP contribution in [0, 0.1) is 0 Å². The Labute approximate surface area is 119 Å². The number of ether oxygens (including phenoxy) is 1. The monoisotopic (exact) mass is 275 g/mol. The highest BCUT2D eigenvalue weighted by molar-refractivity contribution is 5.79. The summed E-state index contributed by atoms with van der Waals surface area (Å²) in [7, 11) is 0. The van der Waals surface area contributed by atoms with Gasteiger partial charge in [0, 0.05) is 18.0 Å². The predicted octanol–water partition coefficient (Wildman–Crippen LogP) is 2.65. The number of para-hydroxylation sites is 1. The lowest BCUT2D eigenvalue weighted by atomic mass is 10.1. The van der Waals surface area contributed by atoms with Crippen molar-refractivity contribution in [1.82, 2.24) is 4.90 Å². The Morgan fingerprint density at radius 3 is 2.70 bits per heavy atom. The number of nitrogens with zero attached hydrogens (tertiary/aromatic N) is 1. The van der Waals surface area contributed by atoms with Crippen LogP contribution in [0.5, 0.6) is 0 Å². The maximum Gasteiger partial charge on any atom is 0.336 e. The van der Waals surface area contributed by atoms with E-state index in [-0.39, 0.29) is 5.63 Å². The Morgan fingerprint density at radius 1 is 1.20 bits per heavy atom. The second kappa shape index (κ2) is 7.22. The molecule has 0 aliphatic carbocycles. The fourth-order valence-corrected chi connectivity index (χ4v) is 2.21. The summed E-state index contributed by atoms with van der Waals surface area (Å²) in [4.78, 5) is 13.8. The standard InChI is InChI=1S/C16H21NO3/c1-3-17(4-2)9-10-19-12-13-11-16(18)20-15-8-6-5-7-14(13)15/h5-8,11H,3-4,9-10,12H2,1-2H3. The summed E-state index contributed by atoms with van der Waals surface area (Å²) in [5.41, 5.74) is 1.17. The molecule has 2 rings (SSSR count). The molecular formula is C16H21NO3. The van der Waals surface area contributed by atoms with E-state index in [1.807, 2.05) is 18.2 Å². The minimum absolute atomic E-state index is 0.328. The SMILES string of the molecule is CCN(CC)CCOCc1cc(=O)oc2ccccc12. The molecule has 1 aromatic carbocycles. The van der Waals surface area contributed by atoms with Gasteiger partial charge in [0.05, 0.1) is 13.2 Å². The van der Waals surface area contributed by atoms with Crippen LogP contribution in [0.25, 0.3) is 11.0 Å². The fraction of sp³-hybridized carbons (Fsp3) is 0.438. The first-order valence-electron chi connectivity index (χ1n) is 7.06. The van der Waals surface area contributed by atoms with Crippen molar-refractivity contribution in [2.24, 2.45) is 0 Å². The lowest BCUT2D eigenvalue weighted by molar-refractivity contribution is 0.0961. The average Bonchev–Trinajstić information content (AvgIpc) is 2.47. The van der Waals surface area contributed by atoms with Crippen molar-refractivity contribution in [2.75, 3.05) is 26.2 Å². The normalized spacial score (nSPS) is 11.3. The van der Waals surface area contributed by atoms with E-state index in [0.29, 0.717) is 18.8 Å². The fourth-order valence-electron chi connectivity index (χ4n) is 2.21. The maximum atomic E-state index is 11.5. The van der Waals surface area contributed by atoms with Crippen LogP contribution in [-0.2, 0) is 11.3 Å². The molecule has 4 nitrogen and oxygen atoms in total. The molecule has 0 radical (unpaired) electrons. The van der Waals surface area contributed by atoms with E-state index in [9.17, 15) is 4.79 Å². The lowest BCUT2D eigenvalue weighted by Gasteiger charge is -2.17. The molecule has 108 valence electrons. The summed E-state index contributed by atoms with van der Waals surface area (Å²) in [6.45, 7) is 8.34. The molecule has 0 atom stereocenters. The van der Waals surface area contributed by atoms with Crippen LogP contribution in [0.4, 0.5) is 0 Å². The molecule has 0 aliphatic rings. The molecule has 0 spiro atoms. The van der Waals surface area contributed by atoms with Crippen molar-refractivity contribution < 1.29 is 9.15 Å². The topological polar surface area (TPSA) is 42.7 Å². The smallest absolute Gasteiger partial charge is 0.336 e. The molecule has 0 saturated heterocycles. The van der Waals surface area contributed by atoms with Gasteiger partial charge in [-0.25, -0.2) is 4.79 Å². The lowest BCUT2D eigenvalue weighted by Crippen LogP contribution is -2.27. The van der Waals surface area contributed by atoms with E-state index >= 15 is 0 Å².